The third-order valence-electron chi connectivity index (χ3n) is 3.80. The molecule has 2 N–H and O–H groups in total. The third-order valence-corrected chi connectivity index (χ3v) is 5.03. The monoisotopic (exact) mass is 375 g/mol. The van der Waals surface area contributed by atoms with Gasteiger partial charge in [0.2, 0.25) is 5.91 Å². The molecular formula is C17H17N3O3S2. The molecule has 0 aliphatic carbocycles. The molecule has 0 aliphatic rings. The number of aromatic nitrogens is 2. The predicted molar refractivity (Wildman–Crippen MR) is 101 cm³/mol. The summed E-state index contributed by atoms with van der Waals surface area (Å²) in [4.78, 5) is 27.5. The molecule has 3 rings (SSSR count). The predicted octanol–water partition coefficient (Wildman–Crippen LogP) is 2.84. The van der Waals surface area contributed by atoms with Gasteiger partial charge in [0.25, 0.3) is 5.56 Å². The zero-order chi connectivity index (χ0) is 17.8. The van der Waals surface area contributed by atoms with Crippen LogP contribution in [0, 0.1) is 4.77 Å². The van der Waals surface area contributed by atoms with Crippen molar-refractivity contribution >= 4 is 39.7 Å². The SMILES string of the molecule is COc1ccc(CNC(=O)CCn2c(=S)[nH]c3ccsc3c2=O)cc1. The first-order valence-electron chi connectivity index (χ1n) is 7.68. The van der Waals surface area contributed by atoms with E-state index in [4.69, 9.17) is 17.0 Å². The van der Waals surface area contributed by atoms with Crippen molar-refractivity contribution in [2.45, 2.75) is 19.5 Å². The number of H-pyrrole nitrogens is 1. The van der Waals surface area contributed by atoms with Crippen LogP contribution in [0.4, 0.5) is 0 Å². The summed E-state index contributed by atoms with van der Waals surface area (Å²) in [5, 5.41) is 4.68. The summed E-state index contributed by atoms with van der Waals surface area (Å²) >= 11 is 6.58. The maximum Gasteiger partial charge on any atom is 0.272 e. The van der Waals surface area contributed by atoms with Crippen LogP contribution in [0.2, 0.25) is 0 Å². The summed E-state index contributed by atoms with van der Waals surface area (Å²) in [5.74, 6) is 0.635. The molecule has 1 amide bonds. The number of methoxy groups -OCH3 is 1. The first kappa shape index (κ1) is 17.4. The summed E-state index contributed by atoms with van der Waals surface area (Å²) in [7, 11) is 1.61. The molecule has 25 heavy (non-hydrogen) atoms. The number of hydrogen-bond acceptors (Lipinski definition) is 5. The molecule has 0 saturated heterocycles. The second-order valence-electron chi connectivity index (χ2n) is 5.43. The van der Waals surface area contributed by atoms with Gasteiger partial charge < -0.3 is 15.0 Å². The standard InChI is InChI=1S/C17H17N3O3S2/c1-23-12-4-2-11(3-5-12)10-18-14(21)6-8-20-16(22)15-13(7-9-25-15)19-17(20)24/h2-5,7,9H,6,8,10H2,1H3,(H,18,21)(H,19,24). The van der Waals surface area contributed by atoms with Gasteiger partial charge in [0.15, 0.2) is 4.77 Å². The molecule has 3 aromatic rings. The quantitative estimate of drug-likeness (QED) is 0.650. The van der Waals surface area contributed by atoms with Gasteiger partial charge in [0.1, 0.15) is 10.4 Å². The van der Waals surface area contributed by atoms with Crippen LogP contribution in [-0.4, -0.2) is 22.6 Å². The number of aromatic amines is 1. The van der Waals surface area contributed by atoms with Gasteiger partial charge in [-0.15, -0.1) is 11.3 Å². The summed E-state index contributed by atoms with van der Waals surface area (Å²) in [5.41, 5.74) is 1.56. The van der Waals surface area contributed by atoms with Gasteiger partial charge in [0, 0.05) is 19.5 Å². The van der Waals surface area contributed by atoms with E-state index in [0.29, 0.717) is 16.0 Å². The van der Waals surface area contributed by atoms with Crippen LogP contribution in [-0.2, 0) is 17.9 Å². The number of ether oxygens (including phenoxy) is 1. The average molecular weight is 375 g/mol. The minimum absolute atomic E-state index is 0.136. The molecule has 0 saturated carbocycles. The maximum absolute atomic E-state index is 12.4. The Morgan fingerprint density at radius 3 is 2.80 bits per heavy atom. The van der Waals surface area contributed by atoms with Gasteiger partial charge in [0.05, 0.1) is 12.6 Å². The molecule has 2 aromatic heterocycles. The van der Waals surface area contributed by atoms with E-state index in [0.717, 1.165) is 16.8 Å². The summed E-state index contributed by atoms with van der Waals surface area (Å²) in [6.07, 6.45) is 0.185. The van der Waals surface area contributed by atoms with Gasteiger partial charge in [-0.05, 0) is 41.4 Å². The number of carbonyl (C=O) groups excluding carboxylic acids is 1. The lowest BCUT2D eigenvalue weighted by Crippen LogP contribution is -2.27. The molecule has 0 bridgehead atoms. The summed E-state index contributed by atoms with van der Waals surface area (Å²) in [6, 6.07) is 9.30. The molecule has 0 aliphatic heterocycles. The van der Waals surface area contributed by atoms with Crippen molar-refractivity contribution in [3.05, 3.63) is 56.4 Å². The van der Waals surface area contributed by atoms with E-state index in [-0.39, 0.29) is 24.4 Å². The van der Waals surface area contributed by atoms with Crippen LogP contribution in [0.25, 0.3) is 10.2 Å². The second-order valence-corrected chi connectivity index (χ2v) is 6.73. The van der Waals surface area contributed by atoms with E-state index >= 15 is 0 Å². The van der Waals surface area contributed by atoms with Crippen molar-refractivity contribution in [3.63, 3.8) is 0 Å². The van der Waals surface area contributed by atoms with Crippen LogP contribution in [0.15, 0.2) is 40.5 Å². The van der Waals surface area contributed by atoms with E-state index in [1.165, 1.54) is 15.9 Å². The Hall–Kier alpha value is -2.45. The molecule has 130 valence electrons. The first-order valence-corrected chi connectivity index (χ1v) is 8.97. The van der Waals surface area contributed by atoms with Crippen LogP contribution in [0.5, 0.6) is 5.75 Å². The van der Waals surface area contributed by atoms with Crippen molar-refractivity contribution < 1.29 is 9.53 Å². The Morgan fingerprint density at radius 1 is 1.32 bits per heavy atom. The van der Waals surface area contributed by atoms with E-state index in [1.807, 2.05) is 35.7 Å². The van der Waals surface area contributed by atoms with Gasteiger partial charge in [-0.3, -0.25) is 14.2 Å². The van der Waals surface area contributed by atoms with Crippen molar-refractivity contribution in [2.24, 2.45) is 0 Å². The van der Waals surface area contributed by atoms with Crippen LogP contribution in [0.3, 0.4) is 0 Å². The highest BCUT2D eigenvalue weighted by atomic mass is 32.1. The van der Waals surface area contributed by atoms with Gasteiger partial charge >= 0.3 is 0 Å². The molecular weight excluding hydrogens is 358 g/mol. The lowest BCUT2D eigenvalue weighted by atomic mass is 10.2. The number of nitrogens with one attached hydrogen (secondary N) is 2. The average Bonchev–Trinajstić information content (AvgIpc) is 3.08. The lowest BCUT2D eigenvalue weighted by Gasteiger charge is -2.08. The zero-order valence-corrected chi connectivity index (χ0v) is 15.2. The topological polar surface area (TPSA) is 76.1 Å². The molecule has 0 atom stereocenters. The molecule has 0 radical (unpaired) electrons. The largest absolute Gasteiger partial charge is 0.497 e. The van der Waals surface area contributed by atoms with E-state index < -0.39 is 0 Å². The number of hydrogen-bond donors (Lipinski definition) is 2. The number of nitrogens with zero attached hydrogens (tertiary/aromatic N) is 1. The molecule has 2 heterocycles. The van der Waals surface area contributed by atoms with Crippen LogP contribution >= 0.6 is 23.6 Å². The minimum Gasteiger partial charge on any atom is -0.497 e. The fourth-order valence-electron chi connectivity index (χ4n) is 2.42. The number of benzene rings is 1. The minimum atomic E-state index is -0.156. The number of fused-ring (bicyclic) bond motifs is 1. The van der Waals surface area contributed by atoms with Gasteiger partial charge in [-0.1, -0.05) is 12.1 Å². The summed E-state index contributed by atoms with van der Waals surface area (Å²) < 4.78 is 7.48. The lowest BCUT2D eigenvalue weighted by molar-refractivity contribution is -0.121. The van der Waals surface area contributed by atoms with Crippen molar-refractivity contribution in [2.75, 3.05) is 7.11 Å². The summed E-state index contributed by atoms with van der Waals surface area (Å²) in [6.45, 7) is 0.672. The van der Waals surface area contributed by atoms with E-state index in [1.54, 1.807) is 7.11 Å². The Labute approximate surface area is 153 Å². The van der Waals surface area contributed by atoms with E-state index in [2.05, 4.69) is 10.3 Å². The molecule has 0 unspecified atom stereocenters. The molecule has 0 fully saturated rings. The van der Waals surface area contributed by atoms with Crippen LogP contribution < -0.4 is 15.6 Å². The fourth-order valence-corrected chi connectivity index (χ4v) is 3.50. The number of carbonyl (C=O) groups is 1. The highest BCUT2D eigenvalue weighted by molar-refractivity contribution is 7.71. The fraction of sp³-hybridized carbons (Fsp3) is 0.235. The van der Waals surface area contributed by atoms with Crippen molar-refractivity contribution in [3.8, 4) is 5.75 Å². The highest BCUT2D eigenvalue weighted by Gasteiger charge is 2.09. The molecule has 1 aromatic carbocycles. The Bertz CT molecular complexity index is 1000. The van der Waals surface area contributed by atoms with Crippen LogP contribution in [0.1, 0.15) is 12.0 Å². The zero-order valence-electron chi connectivity index (χ0n) is 13.6. The first-order chi connectivity index (χ1) is 12.1. The number of rotatable bonds is 6. The molecule has 0 spiro atoms. The Kier molecular flexibility index (Phi) is 5.30. The number of thiophene rings is 1. The molecule has 6 nitrogen and oxygen atoms in total. The van der Waals surface area contributed by atoms with E-state index in [9.17, 15) is 9.59 Å². The smallest absolute Gasteiger partial charge is 0.272 e. The normalized spacial score (nSPS) is 10.8. The third kappa shape index (κ3) is 3.97. The van der Waals surface area contributed by atoms with Gasteiger partial charge in [-0.25, -0.2) is 0 Å². The maximum atomic E-state index is 12.4. The molecule has 8 heteroatoms. The Morgan fingerprint density at radius 2 is 2.08 bits per heavy atom. The van der Waals surface area contributed by atoms with Gasteiger partial charge in [-0.2, -0.15) is 0 Å². The van der Waals surface area contributed by atoms with Crippen molar-refractivity contribution in [1.82, 2.24) is 14.9 Å². The van der Waals surface area contributed by atoms with Crippen molar-refractivity contribution in [1.29, 1.82) is 0 Å². The highest BCUT2D eigenvalue weighted by Crippen LogP contribution is 2.14. The number of amides is 1. The second kappa shape index (κ2) is 7.62. The Balaban J connectivity index is 1.60.